The fourth-order valence-corrected chi connectivity index (χ4v) is 4.08. The quantitative estimate of drug-likeness (QED) is 0.787. The van der Waals surface area contributed by atoms with E-state index in [4.69, 9.17) is 5.73 Å². The van der Waals surface area contributed by atoms with Crippen molar-refractivity contribution in [3.63, 3.8) is 0 Å². The van der Waals surface area contributed by atoms with Crippen LogP contribution in [0.15, 0.2) is 12.4 Å². The molecule has 2 saturated heterocycles. The Morgan fingerprint density at radius 3 is 3.12 bits per heavy atom. The lowest BCUT2D eigenvalue weighted by atomic mass is 9.83. The Hall–Kier alpha value is -2.42. The molecule has 3 N–H and O–H groups in total. The predicted molar refractivity (Wildman–Crippen MR) is 94.2 cm³/mol. The topological polar surface area (TPSA) is 105 Å². The molecule has 0 aromatic carbocycles. The van der Waals surface area contributed by atoms with E-state index >= 15 is 0 Å². The second kappa shape index (κ2) is 6.47. The first kappa shape index (κ1) is 16.1. The van der Waals surface area contributed by atoms with Gasteiger partial charge >= 0.3 is 0 Å². The van der Waals surface area contributed by atoms with Crippen LogP contribution in [0.1, 0.15) is 19.3 Å². The zero-order valence-corrected chi connectivity index (χ0v) is 14.4. The third-order valence-electron chi connectivity index (χ3n) is 5.38. The summed E-state index contributed by atoms with van der Waals surface area (Å²) < 4.78 is 1.68. The van der Waals surface area contributed by atoms with Crippen LogP contribution in [0.3, 0.4) is 0 Å². The highest BCUT2D eigenvalue weighted by Crippen LogP contribution is 2.33. The number of hydrogen-bond acceptors (Lipinski definition) is 7. The number of nitrogens with two attached hydrogens (primary N) is 1. The summed E-state index contributed by atoms with van der Waals surface area (Å²) in [6, 6.07) is 2.26. The third kappa shape index (κ3) is 2.88. The number of nitrogens with zero attached hydrogens (tertiary/aromatic N) is 6. The van der Waals surface area contributed by atoms with Gasteiger partial charge in [0.25, 0.3) is 0 Å². The SMILES string of the molecule is CNCCN1C(=O)CC[C@H]2CN(c3cc4nncn4c(N)n3)CC[C@H]21. The molecule has 134 valence electrons. The first-order chi connectivity index (χ1) is 12.2. The van der Waals surface area contributed by atoms with Crippen molar-refractivity contribution < 1.29 is 4.79 Å². The van der Waals surface area contributed by atoms with Gasteiger partial charge in [0, 0.05) is 44.7 Å². The maximum Gasteiger partial charge on any atom is 0.222 e. The maximum absolute atomic E-state index is 12.3. The smallest absolute Gasteiger partial charge is 0.222 e. The summed E-state index contributed by atoms with van der Waals surface area (Å²) in [5.41, 5.74) is 6.73. The van der Waals surface area contributed by atoms with Gasteiger partial charge in [0.15, 0.2) is 5.65 Å². The van der Waals surface area contributed by atoms with Crippen LogP contribution in [0.4, 0.5) is 11.8 Å². The Morgan fingerprint density at radius 1 is 1.40 bits per heavy atom. The number of nitrogen functional groups attached to an aromatic ring is 1. The second-order valence-corrected chi connectivity index (χ2v) is 6.82. The van der Waals surface area contributed by atoms with Crippen LogP contribution >= 0.6 is 0 Å². The van der Waals surface area contributed by atoms with Crippen LogP contribution in [0, 0.1) is 5.92 Å². The van der Waals surface area contributed by atoms with Crippen LogP contribution < -0.4 is 16.0 Å². The van der Waals surface area contributed by atoms with Gasteiger partial charge in [0.05, 0.1) is 0 Å². The zero-order valence-electron chi connectivity index (χ0n) is 14.4. The second-order valence-electron chi connectivity index (χ2n) is 6.82. The van der Waals surface area contributed by atoms with Gasteiger partial charge in [-0.25, -0.2) is 0 Å². The van der Waals surface area contributed by atoms with E-state index in [0.29, 0.717) is 30.0 Å². The van der Waals surface area contributed by atoms with Gasteiger partial charge in [-0.2, -0.15) is 4.98 Å². The molecule has 0 radical (unpaired) electrons. The molecule has 0 aliphatic carbocycles. The van der Waals surface area contributed by atoms with Gasteiger partial charge in [-0.1, -0.05) is 0 Å². The van der Waals surface area contributed by atoms with Crippen molar-refractivity contribution in [3.05, 3.63) is 12.4 Å². The molecule has 2 aromatic rings. The molecule has 2 atom stereocenters. The number of aromatic nitrogens is 4. The lowest BCUT2D eigenvalue weighted by Crippen LogP contribution is -2.57. The average Bonchev–Trinajstić information content (AvgIpc) is 3.10. The third-order valence-corrected chi connectivity index (χ3v) is 5.38. The summed E-state index contributed by atoms with van der Waals surface area (Å²) in [5.74, 6) is 2.00. The number of rotatable bonds is 4. The molecular formula is C16H24N8O. The fraction of sp³-hybridized carbons (Fsp3) is 0.625. The molecule has 0 unspecified atom stereocenters. The van der Waals surface area contributed by atoms with E-state index in [9.17, 15) is 4.79 Å². The van der Waals surface area contributed by atoms with Crippen molar-refractivity contribution in [1.29, 1.82) is 0 Å². The standard InChI is InChI=1S/C16H24N8O/c1-18-5-7-23-12-4-6-22(9-11(12)2-3-15(23)25)13-8-14-21-19-10-24(14)16(17)20-13/h8,10-12,18H,2-7,9H2,1H3,(H2,17,20)/t11-,12+/m0/s1. The monoisotopic (exact) mass is 344 g/mol. The molecular weight excluding hydrogens is 320 g/mol. The Labute approximate surface area is 146 Å². The fourth-order valence-electron chi connectivity index (χ4n) is 4.08. The molecule has 4 rings (SSSR count). The number of anilines is 2. The van der Waals surface area contributed by atoms with Crippen LogP contribution in [-0.2, 0) is 4.79 Å². The van der Waals surface area contributed by atoms with E-state index in [1.807, 2.05) is 13.1 Å². The summed E-state index contributed by atoms with van der Waals surface area (Å²) >= 11 is 0. The largest absolute Gasteiger partial charge is 0.369 e. The summed E-state index contributed by atoms with van der Waals surface area (Å²) in [7, 11) is 1.92. The molecule has 9 nitrogen and oxygen atoms in total. The lowest BCUT2D eigenvalue weighted by Gasteiger charge is -2.47. The van der Waals surface area contributed by atoms with Crippen molar-refractivity contribution in [2.45, 2.75) is 25.3 Å². The Morgan fingerprint density at radius 2 is 2.28 bits per heavy atom. The van der Waals surface area contributed by atoms with Gasteiger partial charge in [-0.15, -0.1) is 10.2 Å². The predicted octanol–water partition coefficient (Wildman–Crippen LogP) is -0.257. The molecule has 4 heterocycles. The number of carbonyl (C=O) groups excluding carboxylic acids is 1. The van der Waals surface area contributed by atoms with Crippen LogP contribution in [0.2, 0.25) is 0 Å². The van der Waals surface area contributed by atoms with Gasteiger partial charge in [-0.05, 0) is 25.8 Å². The summed E-state index contributed by atoms with van der Waals surface area (Å²) in [6.45, 7) is 3.37. The molecule has 2 aromatic heterocycles. The first-order valence-electron chi connectivity index (χ1n) is 8.82. The first-order valence-corrected chi connectivity index (χ1v) is 8.82. The van der Waals surface area contributed by atoms with Crippen LogP contribution in [0.5, 0.6) is 0 Å². The van der Waals surface area contributed by atoms with Gasteiger partial charge in [-0.3, -0.25) is 9.20 Å². The number of likely N-dealkylation sites (tertiary alicyclic amines) is 1. The Kier molecular flexibility index (Phi) is 4.16. The van der Waals surface area contributed by atoms with Crippen LogP contribution in [0.25, 0.3) is 5.65 Å². The normalized spacial score (nSPS) is 24.0. The summed E-state index contributed by atoms with van der Waals surface area (Å²) in [6.07, 6.45) is 4.11. The highest BCUT2D eigenvalue weighted by Gasteiger charge is 2.39. The van der Waals surface area contributed by atoms with E-state index < -0.39 is 0 Å². The van der Waals surface area contributed by atoms with Gasteiger partial charge < -0.3 is 20.9 Å². The van der Waals surface area contributed by atoms with Crippen molar-refractivity contribution in [2.75, 3.05) is 43.9 Å². The molecule has 2 fully saturated rings. The minimum Gasteiger partial charge on any atom is -0.369 e. The van der Waals surface area contributed by atoms with Crippen molar-refractivity contribution in [1.82, 2.24) is 29.8 Å². The maximum atomic E-state index is 12.3. The number of carbonyl (C=O) groups is 1. The highest BCUT2D eigenvalue weighted by molar-refractivity contribution is 5.77. The van der Waals surface area contributed by atoms with E-state index in [1.165, 1.54) is 0 Å². The molecule has 2 aliphatic rings. The molecule has 0 saturated carbocycles. The lowest BCUT2D eigenvalue weighted by molar-refractivity contribution is -0.139. The summed E-state index contributed by atoms with van der Waals surface area (Å²) in [4.78, 5) is 21.2. The van der Waals surface area contributed by atoms with Crippen LogP contribution in [-0.4, -0.2) is 69.7 Å². The van der Waals surface area contributed by atoms with Crippen molar-refractivity contribution >= 4 is 23.3 Å². The molecule has 9 heteroatoms. The number of nitrogens with one attached hydrogen (secondary N) is 1. The average molecular weight is 344 g/mol. The van der Waals surface area contributed by atoms with E-state index in [-0.39, 0.29) is 5.91 Å². The molecule has 0 spiro atoms. The minimum absolute atomic E-state index is 0.289. The zero-order chi connectivity index (χ0) is 17.4. The van der Waals surface area contributed by atoms with E-state index in [0.717, 1.165) is 44.8 Å². The van der Waals surface area contributed by atoms with Gasteiger partial charge in [0.2, 0.25) is 11.9 Å². The highest BCUT2D eigenvalue weighted by atomic mass is 16.2. The number of amides is 1. The number of hydrogen-bond donors (Lipinski definition) is 2. The number of likely N-dealkylation sites (N-methyl/N-ethyl adjacent to an activating group) is 1. The van der Waals surface area contributed by atoms with E-state index in [1.54, 1.807) is 10.7 Å². The molecule has 1 amide bonds. The Bertz CT molecular complexity index is 775. The minimum atomic E-state index is 0.289. The van der Waals surface area contributed by atoms with Crippen molar-refractivity contribution in [3.8, 4) is 0 Å². The van der Waals surface area contributed by atoms with E-state index in [2.05, 4.69) is 30.3 Å². The molecule has 0 bridgehead atoms. The van der Waals surface area contributed by atoms with Gasteiger partial charge in [0.1, 0.15) is 12.1 Å². The number of piperidine rings is 2. The number of fused-ring (bicyclic) bond motifs is 2. The van der Waals surface area contributed by atoms with Crippen molar-refractivity contribution in [2.24, 2.45) is 5.92 Å². The molecule has 25 heavy (non-hydrogen) atoms. The summed E-state index contributed by atoms with van der Waals surface area (Å²) in [5, 5.41) is 11.1. The Balaban J connectivity index is 1.53. The molecule has 2 aliphatic heterocycles.